The maximum atomic E-state index is 16.6. The van der Waals surface area contributed by atoms with Crippen molar-refractivity contribution in [3.8, 4) is 5.75 Å². The lowest BCUT2D eigenvalue weighted by atomic mass is 9.85. The Balaban J connectivity index is 1.55. The number of rotatable bonds is 9. The van der Waals surface area contributed by atoms with Crippen molar-refractivity contribution in [3.63, 3.8) is 0 Å². The number of aryl methyl sites for hydroxylation is 1. The zero-order valence-corrected chi connectivity index (χ0v) is 24.1. The first-order valence-corrected chi connectivity index (χ1v) is 13.8. The van der Waals surface area contributed by atoms with E-state index in [-0.39, 0.29) is 29.8 Å². The van der Waals surface area contributed by atoms with E-state index in [0.717, 1.165) is 0 Å². The van der Waals surface area contributed by atoms with Crippen LogP contribution in [0.25, 0.3) is 0 Å². The van der Waals surface area contributed by atoms with Crippen molar-refractivity contribution in [2.45, 2.75) is 43.2 Å². The Bertz CT molecular complexity index is 1650. The lowest BCUT2D eigenvalue weighted by Gasteiger charge is -2.40. The number of carbonyl (C=O) groups is 1. The summed E-state index contributed by atoms with van der Waals surface area (Å²) in [5, 5.41) is 26.9. The quantitative estimate of drug-likeness (QED) is 0.299. The number of fused-ring (bicyclic) bond motifs is 1. The first-order chi connectivity index (χ1) is 20.0. The van der Waals surface area contributed by atoms with Gasteiger partial charge in [-0.15, -0.1) is 0 Å². The number of hydrogen-bond donors (Lipinski definition) is 2. The molecule has 2 atom stereocenters. The maximum Gasteiger partial charge on any atom is 0.257 e. The number of carbonyl (C=O) groups excluding carboxylic acids is 1. The zero-order valence-electron chi connectivity index (χ0n) is 23.3. The van der Waals surface area contributed by atoms with Crippen molar-refractivity contribution >= 4 is 17.5 Å². The Morgan fingerprint density at radius 1 is 1.12 bits per heavy atom. The molecule has 42 heavy (non-hydrogen) atoms. The normalized spacial score (nSPS) is 20.4. The second kappa shape index (κ2) is 10.2. The van der Waals surface area contributed by atoms with Crippen molar-refractivity contribution < 1.29 is 28.9 Å². The van der Waals surface area contributed by atoms with E-state index in [1.54, 1.807) is 49.6 Å². The van der Waals surface area contributed by atoms with E-state index in [2.05, 4.69) is 10.1 Å². The van der Waals surface area contributed by atoms with Crippen molar-refractivity contribution in [2.24, 2.45) is 7.05 Å². The van der Waals surface area contributed by atoms with Gasteiger partial charge in [-0.1, -0.05) is 23.7 Å². The van der Waals surface area contributed by atoms with Crippen LogP contribution < -0.4 is 4.74 Å². The number of nitrogens with zero attached hydrogens (tertiary/aromatic N) is 4. The third-order valence-corrected chi connectivity index (χ3v) is 8.33. The average Bonchev–Trinajstić information content (AvgIpc) is 3.45. The maximum absolute atomic E-state index is 16.6. The van der Waals surface area contributed by atoms with Gasteiger partial charge < -0.3 is 19.7 Å². The van der Waals surface area contributed by atoms with Crippen LogP contribution in [0.15, 0.2) is 67.1 Å². The number of halogens is 2. The van der Waals surface area contributed by atoms with Crippen molar-refractivity contribution in [2.75, 3.05) is 13.7 Å². The van der Waals surface area contributed by atoms with Gasteiger partial charge in [0.2, 0.25) is 0 Å². The minimum absolute atomic E-state index is 0.0154. The molecule has 1 amide bonds. The van der Waals surface area contributed by atoms with Crippen LogP contribution in [0.5, 0.6) is 5.75 Å². The van der Waals surface area contributed by atoms with Crippen LogP contribution in [0.2, 0.25) is 5.02 Å². The predicted molar refractivity (Wildman–Crippen MR) is 151 cm³/mol. The standard InChI is InChI=1S/C31H30ClFN4O5/c1-29(39,21-14-35-36(2)16-21)20-12-25-27(26(33)13-20)31(42-18-30(40)10-11-30,19-4-6-22(32)7-5-19)37(28(25)38)17-23-8-9-24(41-3)15-34-23/h4-9,12-16,39-40H,10-11,17-18H2,1-3H3/t29?,31-/m1/s1. The monoisotopic (exact) mass is 592 g/mol. The highest BCUT2D eigenvalue weighted by Crippen LogP contribution is 2.50. The molecule has 6 rings (SSSR count). The van der Waals surface area contributed by atoms with Crippen LogP contribution in [0.4, 0.5) is 4.39 Å². The lowest BCUT2D eigenvalue weighted by Crippen LogP contribution is -2.48. The lowest BCUT2D eigenvalue weighted by molar-refractivity contribution is -0.139. The summed E-state index contributed by atoms with van der Waals surface area (Å²) in [6, 6.07) is 12.8. The van der Waals surface area contributed by atoms with Crippen LogP contribution in [0.3, 0.4) is 0 Å². The van der Waals surface area contributed by atoms with E-state index in [1.165, 1.54) is 48.1 Å². The van der Waals surface area contributed by atoms with E-state index in [1.807, 2.05) is 0 Å². The molecule has 1 unspecified atom stereocenters. The number of hydrogen-bond acceptors (Lipinski definition) is 7. The minimum atomic E-state index is -1.76. The van der Waals surface area contributed by atoms with Gasteiger partial charge >= 0.3 is 0 Å². The van der Waals surface area contributed by atoms with Crippen LogP contribution in [0.1, 0.15) is 58.1 Å². The Morgan fingerprint density at radius 3 is 2.45 bits per heavy atom. The molecule has 9 nitrogen and oxygen atoms in total. The molecule has 2 N–H and O–H groups in total. The molecular formula is C31H30ClFN4O5. The SMILES string of the molecule is COc1ccc(CN2C(=O)c3cc(C(C)(O)c4cnn(C)c4)cc(F)c3[C@]2(OCC2(O)CC2)c2ccc(Cl)cc2)nc1. The molecule has 3 heterocycles. The third-order valence-electron chi connectivity index (χ3n) is 8.08. The van der Waals surface area contributed by atoms with E-state index in [4.69, 9.17) is 21.1 Å². The van der Waals surface area contributed by atoms with Crippen molar-refractivity contribution in [3.05, 3.63) is 111 Å². The molecule has 1 saturated carbocycles. The molecule has 11 heteroatoms. The topological polar surface area (TPSA) is 110 Å². The first kappa shape index (κ1) is 28.3. The molecule has 0 saturated heterocycles. The third kappa shape index (κ3) is 4.74. The molecule has 2 aromatic carbocycles. The predicted octanol–water partition coefficient (Wildman–Crippen LogP) is 4.27. The highest BCUT2D eigenvalue weighted by atomic mass is 35.5. The fraction of sp³-hybridized carbons (Fsp3) is 0.323. The van der Waals surface area contributed by atoms with Crippen LogP contribution in [-0.4, -0.2) is 55.1 Å². The van der Waals surface area contributed by atoms with Gasteiger partial charge in [0.05, 0.1) is 55.1 Å². The number of methoxy groups -OCH3 is 1. The van der Waals surface area contributed by atoms with Crippen molar-refractivity contribution in [1.29, 1.82) is 0 Å². The highest BCUT2D eigenvalue weighted by Gasteiger charge is 2.56. The highest BCUT2D eigenvalue weighted by molar-refractivity contribution is 6.30. The summed E-state index contributed by atoms with van der Waals surface area (Å²) in [5.41, 5.74) is -2.91. The number of amides is 1. The van der Waals surface area contributed by atoms with Crippen LogP contribution in [0, 0.1) is 5.82 Å². The minimum Gasteiger partial charge on any atom is -0.495 e. The average molecular weight is 593 g/mol. The Kier molecular flexibility index (Phi) is 6.85. The molecular weight excluding hydrogens is 563 g/mol. The summed E-state index contributed by atoms with van der Waals surface area (Å²) in [6.45, 7) is 1.34. The number of aromatic nitrogens is 3. The van der Waals surface area contributed by atoms with Gasteiger partial charge in [0, 0.05) is 29.4 Å². The van der Waals surface area contributed by atoms with E-state index in [9.17, 15) is 15.0 Å². The first-order valence-electron chi connectivity index (χ1n) is 13.5. The van der Waals surface area contributed by atoms with Crippen molar-refractivity contribution in [1.82, 2.24) is 19.7 Å². The Labute approximate surface area is 247 Å². The summed E-state index contributed by atoms with van der Waals surface area (Å²) in [6.07, 6.45) is 5.71. The number of ether oxygens (including phenoxy) is 2. The van der Waals surface area contributed by atoms with Gasteiger partial charge in [-0.05, 0) is 61.7 Å². The molecule has 0 spiro atoms. The van der Waals surface area contributed by atoms with Gasteiger partial charge in [-0.2, -0.15) is 5.10 Å². The fourth-order valence-electron chi connectivity index (χ4n) is 5.37. The number of benzene rings is 2. The van der Waals surface area contributed by atoms with E-state index in [0.29, 0.717) is 40.4 Å². The molecule has 1 aliphatic carbocycles. The van der Waals surface area contributed by atoms with Crippen LogP contribution in [-0.2, 0) is 29.7 Å². The summed E-state index contributed by atoms with van der Waals surface area (Å²) < 4.78 is 29.8. The smallest absolute Gasteiger partial charge is 0.257 e. The van der Waals surface area contributed by atoms with Gasteiger partial charge in [0.1, 0.15) is 17.2 Å². The van der Waals surface area contributed by atoms with Gasteiger partial charge in [-0.3, -0.25) is 19.4 Å². The Hall–Kier alpha value is -3.83. The molecule has 1 fully saturated rings. The van der Waals surface area contributed by atoms with E-state index < -0.39 is 28.7 Å². The second-order valence-corrected chi connectivity index (χ2v) is 11.5. The molecule has 4 aromatic rings. The second-order valence-electron chi connectivity index (χ2n) is 11.1. The molecule has 2 aromatic heterocycles. The molecule has 1 aliphatic heterocycles. The largest absolute Gasteiger partial charge is 0.495 e. The van der Waals surface area contributed by atoms with Gasteiger partial charge in [0.15, 0.2) is 5.72 Å². The molecule has 218 valence electrons. The van der Waals surface area contributed by atoms with Gasteiger partial charge in [-0.25, -0.2) is 4.39 Å². The summed E-state index contributed by atoms with van der Waals surface area (Å²) in [4.78, 5) is 20.2. The summed E-state index contributed by atoms with van der Waals surface area (Å²) in [5.74, 6) is -0.731. The number of pyridine rings is 1. The molecule has 0 bridgehead atoms. The van der Waals surface area contributed by atoms with Crippen LogP contribution >= 0.6 is 11.6 Å². The van der Waals surface area contributed by atoms with E-state index >= 15 is 4.39 Å². The fourth-order valence-corrected chi connectivity index (χ4v) is 5.50. The molecule has 2 aliphatic rings. The van der Waals surface area contributed by atoms with Gasteiger partial charge in [0.25, 0.3) is 5.91 Å². The Morgan fingerprint density at radius 2 is 1.86 bits per heavy atom. The summed E-state index contributed by atoms with van der Waals surface area (Å²) >= 11 is 6.22. The summed E-state index contributed by atoms with van der Waals surface area (Å²) in [7, 11) is 3.24. The molecule has 0 radical (unpaired) electrons. The zero-order chi connectivity index (χ0) is 29.9. The number of aliphatic hydroxyl groups is 2.